The summed E-state index contributed by atoms with van der Waals surface area (Å²) in [5, 5.41) is 0. The Labute approximate surface area is 83.4 Å². The van der Waals surface area contributed by atoms with Crippen LogP contribution in [0.4, 0.5) is 0 Å². The molecule has 4 nitrogen and oxygen atoms in total. The standard InChI is InChI=1S/C10H16N2O2/c1-6-3-8(5-13-6)10-12-7(2)9(4-11)14-10/h6,8H,3-5,11H2,1-2H3. The molecule has 0 saturated carbocycles. The van der Waals surface area contributed by atoms with Crippen molar-refractivity contribution in [2.45, 2.75) is 38.8 Å². The van der Waals surface area contributed by atoms with Crippen LogP contribution in [-0.2, 0) is 11.3 Å². The van der Waals surface area contributed by atoms with Crippen molar-refractivity contribution in [2.75, 3.05) is 6.61 Å². The van der Waals surface area contributed by atoms with Gasteiger partial charge in [-0.1, -0.05) is 0 Å². The lowest BCUT2D eigenvalue weighted by Crippen LogP contribution is -1.98. The van der Waals surface area contributed by atoms with Crippen LogP contribution < -0.4 is 5.73 Å². The molecule has 78 valence electrons. The Kier molecular flexibility index (Phi) is 2.56. The molecule has 1 fully saturated rings. The van der Waals surface area contributed by atoms with Crippen molar-refractivity contribution in [1.82, 2.24) is 4.98 Å². The fourth-order valence-electron chi connectivity index (χ4n) is 1.80. The van der Waals surface area contributed by atoms with E-state index in [-0.39, 0.29) is 0 Å². The summed E-state index contributed by atoms with van der Waals surface area (Å²) in [6, 6.07) is 0. The molecule has 2 rings (SSSR count). The highest BCUT2D eigenvalue weighted by Crippen LogP contribution is 2.29. The summed E-state index contributed by atoms with van der Waals surface area (Å²) in [7, 11) is 0. The van der Waals surface area contributed by atoms with Gasteiger partial charge < -0.3 is 14.9 Å². The first-order valence-electron chi connectivity index (χ1n) is 4.98. The number of oxazole rings is 1. The molecule has 0 bridgehead atoms. The summed E-state index contributed by atoms with van der Waals surface area (Å²) < 4.78 is 11.1. The van der Waals surface area contributed by atoms with Crippen LogP contribution in [0.5, 0.6) is 0 Å². The third-order valence-corrected chi connectivity index (χ3v) is 2.64. The number of aryl methyl sites for hydroxylation is 1. The number of ether oxygens (including phenoxy) is 1. The van der Waals surface area contributed by atoms with Gasteiger partial charge >= 0.3 is 0 Å². The molecule has 1 aromatic rings. The predicted octanol–water partition coefficient (Wildman–Crippen LogP) is 1.33. The lowest BCUT2D eigenvalue weighted by atomic mass is 10.1. The van der Waals surface area contributed by atoms with Gasteiger partial charge in [0.2, 0.25) is 0 Å². The van der Waals surface area contributed by atoms with Crippen LogP contribution in [-0.4, -0.2) is 17.7 Å². The van der Waals surface area contributed by atoms with E-state index >= 15 is 0 Å². The van der Waals surface area contributed by atoms with Gasteiger partial charge in [-0.3, -0.25) is 0 Å². The van der Waals surface area contributed by atoms with E-state index in [1.807, 2.05) is 6.92 Å². The molecular formula is C10H16N2O2. The van der Waals surface area contributed by atoms with E-state index in [1.54, 1.807) is 0 Å². The molecule has 1 saturated heterocycles. The maximum absolute atomic E-state index is 5.58. The van der Waals surface area contributed by atoms with Gasteiger partial charge in [-0.2, -0.15) is 0 Å². The first-order valence-corrected chi connectivity index (χ1v) is 4.98. The third-order valence-electron chi connectivity index (χ3n) is 2.64. The second kappa shape index (κ2) is 3.71. The molecule has 0 radical (unpaired) electrons. The summed E-state index contributed by atoms with van der Waals surface area (Å²) in [4.78, 5) is 4.37. The summed E-state index contributed by atoms with van der Waals surface area (Å²) in [5.41, 5.74) is 6.43. The van der Waals surface area contributed by atoms with Crippen LogP contribution in [0.3, 0.4) is 0 Å². The highest BCUT2D eigenvalue weighted by molar-refractivity contribution is 5.10. The second-order valence-electron chi connectivity index (χ2n) is 3.84. The van der Waals surface area contributed by atoms with E-state index < -0.39 is 0 Å². The molecule has 0 aliphatic carbocycles. The fourth-order valence-corrected chi connectivity index (χ4v) is 1.80. The van der Waals surface area contributed by atoms with E-state index in [9.17, 15) is 0 Å². The number of rotatable bonds is 2. The number of hydrogen-bond donors (Lipinski definition) is 1. The van der Waals surface area contributed by atoms with Crippen molar-refractivity contribution in [3.05, 3.63) is 17.3 Å². The van der Waals surface area contributed by atoms with Crippen molar-refractivity contribution in [2.24, 2.45) is 5.73 Å². The van der Waals surface area contributed by atoms with Gasteiger partial charge in [-0.15, -0.1) is 0 Å². The highest BCUT2D eigenvalue weighted by Gasteiger charge is 2.28. The minimum Gasteiger partial charge on any atom is -0.444 e. The Balaban J connectivity index is 2.16. The van der Waals surface area contributed by atoms with Crippen molar-refractivity contribution < 1.29 is 9.15 Å². The van der Waals surface area contributed by atoms with Crippen LogP contribution in [0.15, 0.2) is 4.42 Å². The molecule has 1 aromatic heterocycles. The molecule has 0 aromatic carbocycles. The Bertz CT molecular complexity index is 322. The average Bonchev–Trinajstić information content (AvgIpc) is 2.71. The highest BCUT2D eigenvalue weighted by atomic mass is 16.5. The van der Waals surface area contributed by atoms with E-state index in [1.165, 1.54) is 0 Å². The minimum atomic E-state index is 0.309. The zero-order chi connectivity index (χ0) is 10.1. The van der Waals surface area contributed by atoms with Crippen molar-refractivity contribution in [3.63, 3.8) is 0 Å². The zero-order valence-corrected chi connectivity index (χ0v) is 8.62. The smallest absolute Gasteiger partial charge is 0.200 e. The number of aromatic nitrogens is 1. The zero-order valence-electron chi connectivity index (χ0n) is 8.62. The molecule has 2 unspecified atom stereocenters. The van der Waals surface area contributed by atoms with Gasteiger partial charge in [0.05, 0.1) is 30.9 Å². The molecule has 14 heavy (non-hydrogen) atoms. The fraction of sp³-hybridized carbons (Fsp3) is 0.700. The summed E-state index contributed by atoms with van der Waals surface area (Å²) in [6.07, 6.45) is 1.30. The van der Waals surface area contributed by atoms with Crippen LogP contribution >= 0.6 is 0 Å². The van der Waals surface area contributed by atoms with Gasteiger partial charge in [-0.25, -0.2) is 4.98 Å². The molecule has 0 amide bonds. The lowest BCUT2D eigenvalue weighted by molar-refractivity contribution is 0.122. The van der Waals surface area contributed by atoms with E-state index in [4.69, 9.17) is 14.9 Å². The van der Waals surface area contributed by atoms with Crippen LogP contribution in [0.25, 0.3) is 0 Å². The van der Waals surface area contributed by atoms with E-state index in [0.29, 0.717) is 25.2 Å². The largest absolute Gasteiger partial charge is 0.444 e. The number of nitrogens with zero attached hydrogens (tertiary/aromatic N) is 1. The van der Waals surface area contributed by atoms with Gasteiger partial charge in [-0.05, 0) is 20.3 Å². The Morgan fingerprint density at radius 3 is 2.86 bits per heavy atom. The maximum Gasteiger partial charge on any atom is 0.200 e. The molecule has 2 N–H and O–H groups in total. The van der Waals surface area contributed by atoms with Gasteiger partial charge in [0, 0.05) is 0 Å². The second-order valence-corrected chi connectivity index (χ2v) is 3.84. The molecule has 4 heteroatoms. The minimum absolute atomic E-state index is 0.309. The van der Waals surface area contributed by atoms with E-state index in [2.05, 4.69) is 11.9 Å². The van der Waals surface area contributed by atoms with Crippen LogP contribution in [0, 0.1) is 6.92 Å². The SMILES string of the molecule is Cc1nc(C2COC(C)C2)oc1CN. The Morgan fingerprint density at radius 2 is 2.36 bits per heavy atom. The van der Waals surface area contributed by atoms with Crippen molar-refractivity contribution in [1.29, 1.82) is 0 Å². The Hall–Kier alpha value is -0.870. The average molecular weight is 196 g/mol. The first-order chi connectivity index (χ1) is 6.70. The quantitative estimate of drug-likeness (QED) is 0.775. The van der Waals surface area contributed by atoms with Crippen molar-refractivity contribution >= 4 is 0 Å². The summed E-state index contributed by atoms with van der Waals surface area (Å²) >= 11 is 0. The van der Waals surface area contributed by atoms with Crippen molar-refractivity contribution in [3.8, 4) is 0 Å². The molecule has 2 atom stereocenters. The van der Waals surface area contributed by atoms with Gasteiger partial charge in [0.15, 0.2) is 5.89 Å². The maximum atomic E-state index is 5.58. The predicted molar refractivity (Wildman–Crippen MR) is 51.9 cm³/mol. The van der Waals surface area contributed by atoms with Gasteiger partial charge in [0.25, 0.3) is 0 Å². The Morgan fingerprint density at radius 1 is 1.57 bits per heavy atom. The third kappa shape index (κ3) is 1.67. The molecular weight excluding hydrogens is 180 g/mol. The lowest BCUT2D eigenvalue weighted by Gasteiger charge is -2.00. The summed E-state index contributed by atoms with van der Waals surface area (Å²) in [5.74, 6) is 1.89. The van der Waals surface area contributed by atoms with Crippen LogP contribution in [0.1, 0.15) is 36.6 Å². The number of hydrogen-bond acceptors (Lipinski definition) is 4. The normalized spacial score (nSPS) is 27.1. The summed E-state index contributed by atoms with van der Waals surface area (Å²) in [6.45, 7) is 5.13. The molecule has 1 aliphatic rings. The monoisotopic (exact) mass is 196 g/mol. The molecule has 0 spiro atoms. The van der Waals surface area contributed by atoms with E-state index in [0.717, 1.165) is 23.8 Å². The first kappa shape index (κ1) is 9.68. The molecule has 2 heterocycles. The van der Waals surface area contributed by atoms with Gasteiger partial charge in [0.1, 0.15) is 5.76 Å². The topological polar surface area (TPSA) is 61.3 Å². The van der Waals surface area contributed by atoms with Crippen LogP contribution in [0.2, 0.25) is 0 Å². The number of nitrogens with two attached hydrogens (primary N) is 1. The molecule has 1 aliphatic heterocycles.